The van der Waals surface area contributed by atoms with Gasteiger partial charge in [-0.1, -0.05) is 127 Å². The van der Waals surface area contributed by atoms with Gasteiger partial charge in [0.2, 0.25) is 0 Å². The molecular formula is C37H64O6. The molecule has 6 nitrogen and oxygen atoms in total. The Morgan fingerprint density at radius 2 is 1.05 bits per heavy atom. The number of rotatable bonds is 30. The Hall–Kier alpha value is -1.92. The lowest BCUT2D eigenvalue weighted by atomic mass is 10.1. The molecule has 1 saturated heterocycles. The number of aliphatic hydroxyl groups is 1. The SMILES string of the molecule is CCCCC/C=C\C/C=C\CC1OC1C/C=C\CCCC(=O)OC[C@@H](O)COC(=O)CCCCCCCCCCCCC. The highest BCUT2D eigenvalue weighted by molar-refractivity contribution is 5.69. The van der Waals surface area contributed by atoms with Crippen LogP contribution in [0.3, 0.4) is 0 Å². The first-order valence-corrected chi connectivity index (χ1v) is 17.7. The van der Waals surface area contributed by atoms with E-state index >= 15 is 0 Å². The lowest BCUT2D eigenvalue weighted by Gasteiger charge is -2.12. The summed E-state index contributed by atoms with van der Waals surface area (Å²) in [4.78, 5) is 23.8. The third kappa shape index (κ3) is 26.2. The normalized spacial score (nSPS) is 17.3. The maximum atomic E-state index is 11.9. The van der Waals surface area contributed by atoms with Crippen molar-refractivity contribution in [1.29, 1.82) is 0 Å². The van der Waals surface area contributed by atoms with Crippen molar-refractivity contribution in [2.45, 2.75) is 173 Å². The number of carbonyl (C=O) groups excluding carboxylic acids is 2. The zero-order valence-corrected chi connectivity index (χ0v) is 27.7. The molecule has 2 unspecified atom stereocenters. The van der Waals surface area contributed by atoms with E-state index in [1.807, 2.05) is 0 Å². The molecule has 248 valence electrons. The standard InChI is InChI=1S/C37H64O6/c1-3-5-7-9-11-13-14-16-18-20-25-29-36(39)41-31-33(38)32-42-37(40)30-26-22-21-24-28-35-34(43-35)27-23-19-17-15-12-10-8-6-4-2/h12,15,19,21,23-24,33-35,38H,3-11,13-14,16-18,20,22,25-32H2,1-2H3/b15-12-,23-19-,24-21-/t33-,34?,35?/m0/s1. The Kier molecular flexibility index (Phi) is 26.2. The number of epoxide rings is 1. The van der Waals surface area contributed by atoms with Gasteiger partial charge in [-0.05, 0) is 51.4 Å². The molecule has 0 amide bonds. The molecule has 1 rings (SSSR count). The highest BCUT2D eigenvalue weighted by Crippen LogP contribution is 2.29. The van der Waals surface area contributed by atoms with Crippen molar-refractivity contribution in [3.63, 3.8) is 0 Å². The van der Waals surface area contributed by atoms with Crippen molar-refractivity contribution in [3.8, 4) is 0 Å². The molecule has 0 aromatic rings. The first kappa shape index (κ1) is 39.1. The van der Waals surface area contributed by atoms with Gasteiger partial charge in [0.05, 0.1) is 12.2 Å². The van der Waals surface area contributed by atoms with Gasteiger partial charge in [-0.3, -0.25) is 9.59 Å². The number of hydrogen-bond acceptors (Lipinski definition) is 6. The van der Waals surface area contributed by atoms with E-state index < -0.39 is 6.10 Å². The molecule has 6 heteroatoms. The van der Waals surface area contributed by atoms with Gasteiger partial charge in [0.1, 0.15) is 19.3 Å². The van der Waals surface area contributed by atoms with Crippen molar-refractivity contribution < 1.29 is 28.9 Å². The van der Waals surface area contributed by atoms with Gasteiger partial charge in [0, 0.05) is 12.8 Å². The molecule has 0 aliphatic carbocycles. The average Bonchev–Trinajstić information content (AvgIpc) is 3.76. The van der Waals surface area contributed by atoms with Crippen LogP contribution in [-0.4, -0.2) is 48.6 Å². The van der Waals surface area contributed by atoms with Crippen LogP contribution in [0.15, 0.2) is 36.5 Å². The quantitative estimate of drug-likeness (QED) is 0.0380. The molecule has 1 N–H and O–H groups in total. The van der Waals surface area contributed by atoms with Crippen LogP contribution >= 0.6 is 0 Å². The predicted octanol–water partition coefficient (Wildman–Crippen LogP) is 9.49. The highest BCUT2D eigenvalue weighted by atomic mass is 16.6. The molecule has 0 bridgehead atoms. The summed E-state index contributed by atoms with van der Waals surface area (Å²) in [6, 6.07) is 0. The first-order valence-electron chi connectivity index (χ1n) is 17.7. The van der Waals surface area contributed by atoms with E-state index in [4.69, 9.17) is 14.2 Å². The van der Waals surface area contributed by atoms with Crippen LogP contribution in [-0.2, 0) is 23.8 Å². The molecule has 0 spiro atoms. The van der Waals surface area contributed by atoms with E-state index in [-0.39, 0.29) is 25.2 Å². The Balaban J connectivity index is 1.90. The second-order valence-electron chi connectivity index (χ2n) is 12.0. The maximum Gasteiger partial charge on any atom is 0.305 e. The molecule has 3 atom stereocenters. The number of hydrogen-bond donors (Lipinski definition) is 1. The molecule has 0 aromatic heterocycles. The number of ether oxygens (including phenoxy) is 3. The molecule has 1 heterocycles. The second-order valence-corrected chi connectivity index (χ2v) is 12.0. The summed E-state index contributed by atoms with van der Waals surface area (Å²) in [6.07, 6.45) is 36.5. The van der Waals surface area contributed by atoms with Gasteiger partial charge in [-0.15, -0.1) is 0 Å². The molecule has 0 aromatic carbocycles. The number of allylic oxidation sites excluding steroid dienone is 4. The zero-order valence-electron chi connectivity index (χ0n) is 27.7. The fraction of sp³-hybridized carbons (Fsp3) is 0.784. The summed E-state index contributed by atoms with van der Waals surface area (Å²) in [5.74, 6) is -0.638. The molecule has 43 heavy (non-hydrogen) atoms. The van der Waals surface area contributed by atoms with Gasteiger partial charge >= 0.3 is 11.9 Å². The number of carbonyl (C=O) groups is 2. The fourth-order valence-corrected chi connectivity index (χ4v) is 4.94. The van der Waals surface area contributed by atoms with Crippen LogP contribution < -0.4 is 0 Å². The Labute approximate surface area is 263 Å². The van der Waals surface area contributed by atoms with Gasteiger partial charge in [-0.2, -0.15) is 0 Å². The summed E-state index contributed by atoms with van der Waals surface area (Å²) < 4.78 is 16.0. The summed E-state index contributed by atoms with van der Waals surface area (Å²) in [6.45, 7) is 4.19. The Morgan fingerprint density at radius 3 is 1.65 bits per heavy atom. The third-order valence-corrected chi connectivity index (χ3v) is 7.78. The topological polar surface area (TPSA) is 85.4 Å². The Morgan fingerprint density at radius 1 is 0.605 bits per heavy atom. The van der Waals surface area contributed by atoms with Crippen LogP contribution in [0.2, 0.25) is 0 Å². The van der Waals surface area contributed by atoms with Gasteiger partial charge in [0.15, 0.2) is 0 Å². The van der Waals surface area contributed by atoms with E-state index in [9.17, 15) is 14.7 Å². The number of esters is 2. The summed E-state index contributed by atoms with van der Waals surface area (Å²) in [5, 5.41) is 9.97. The lowest BCUT2D eigenvalue weighted by Crippen LogP contribution is -2.25. The number of unbranched alkanes of at least 4 members (excludes halogenated alkanes) is 14. The molecule has 1 aliphatic heterocycles. The van der Waals surface area contributed by atoms with Crippen LogP contribution in [0.25, 0.3) is 0 Å². The van der Waals surface area contributed by atoms with Gasteiger partial charge in [0.25, 0.3) is 0 Å². The smallest absolute Gasteiger partial charge is 0.305 e. The maximum absolute atomic E-state index is 11.9. The second kappa shape index (κ2) is 28.8. The average molecular weight is 605 g/mol. The van der Waals surface area contributed by atoms with E-state index in [1.54, 1.807) is 0 Å². The molecule has 1 fully saturated rings. The minimum absolute atomic E-state index is 0.136. The summed E-state index contributed by atoms with van der Waals surface area (Å²) >= 11 is 0. The highest BCUT2D eigenvalue weighted by Gasteiger charge is 2.35. The zero-order chi connectivity index (χ0) is 31.2. The van der Waals surface area contributed by atoms with Gasteiger partial charge in [-0.25, -0.2) is 0 Å². The lowest BCUT2D eigenvalue weighted by molar-refractivity contribution is -0.152. The van der Waals surface area contributed by atoms with Crippen LogP contribution in [0.5, 0.6) is 0 Å². The van der Waals surface area contributed by atoms with Crippen molar-refractivity contribution in [2.24, 2.45) is 0 Å². The largest absolute Gasteiger partial charge is 0.463 e. The van der Waals surface area contributed by atoms with Crippen LogP contribution in [0, 0.1) is 0 Å². The molecule has 0 saturated carbocycles. The van der Waals surface area contributed by atoms with E-state index in [2.05, 4.69) is 50.3 Å². The molecular weight excluding hydrogens is 540 g/mol. The number of aliphatic hydroxyl groups excluding tert-OH is 1. The Bertz CT molecular complexity index is 758. The minimum Gasteiger partial charge on any atom is -0.463 e. The van der Waals surface area contributed by atoms with E-state index in [0.717, 1.165) is 44.9 Å². The van der Waals surface area contributed by atoms with Crippen molar-refractivity contribution in [1.82, 2.24) is 0 Å². The molecule has 0 radical (unpaired) electrons. The predicted molar refractivity (Wildman–Crippen MR) is 177 cm³/mol. The van der Waals surface area contributed by atoms with Crippen molar-refractivity contribution >= 4 is 11.9 Å². The van der Waals surface area contributed by atoms with E-state index in [0.29, 0.717) is 31.5 Å². The monoisotopic (exact) mass is 604 g/mol. The van der Waals surface area contributed by atoms with E-state index in [1.165, 1.54) is 77.0 Å². The fourth-order valence-electron chi connectivity index (χ4n) is 4.94. The third-order valence-electron chi connectivity index (χ3n) is 7.78. The first-order chi connectivity index (χ1) is 21.1. The summed E-state index contributed by atoms with van der Waals surface area (Å²) in [7, 11) is 0. The van der Waals surface area contributed by atoms with Gasteiger partial charge < -0.3 is 19.3 Å². The van der Waals surface area contributed by atoms with Crippen molar-refractivity contribution in [2.75, 3.05) is 13.2 Å². The minimum atomic E-state index is -0.988. The molecule has 1 aliphatic rings. The van der Waals surface area contributed by atoms with Crippen LogP contribution in [0.4, 0.5) is 0 Å². The van der Waals surface area contributed by atoms with Crippen LogP contribution in [0.1, 0.15) is 155 Å². The van der Waals surface area contributed by atoms with Crippen molar-refractivity contribution in [3.05, 3.63) is 36.5 Å². The summed E-state index contributed by atoms with van der Waals surface area (Å²) in [5.41, 5.74) is 0.